The molecular formula is C11H8F4O3. The molecule has 1 aliphatic rings. The zero-order chi connectivity index (χ0) is 13.5. The van der Waals surface area contributed by atoms with Gasteiger partial charge in [-0.15, -0.1) is 0 Å². The first-order valence-corrected chi connectivity index (χ1v) is 5.04. The van der Waals surface area contributed by atoms with Crippen LogP contribution in [0.3, 0.4) is 0 Å². The second kappa shape index (κ2) is 4.15. The number of fused-ring (bicyclic) bond motifs is 1. The Kier molecular flexibility index (Phi) is 2.92. The minimum atomic E-state index is -4.86. The van der Waals surface area contributed by atoms with Crippen LogP contribution < -0.4 is 4.74 Å². The predicted molar refractivity (Wildman–Crippen MR) is 51.7 cm³/mol. The molecule has 7 heteroatoms. The first kappa shape index (κ1) is 12.7. The molecule has 0 saturated heterocycles. The first-order valence-electron chi connectivity index (χ1n) is 5.04. The van der Waals surface area contributed by atoms with Gasteiger partial charge in [0, 0.05) is 0 Å². The van der Waals surface area contributed by atoms with Gasteiger partial charge in [-0.05, 0) is 18.1 Å². The molecule has 1 N–H and O–H groups in total. The second-order valence-electron chi connectivity index (χ2n) is 3.96. The number of carboxylic acids is 1. The van der Waals surface area contributed by atoms with Crippen molar-refractivity contribution in [2.75, 3.05) is 0 Å². The maximum atomic E-state index is 13.3. The Hall–Kier alpha value is -1.79. The number of alkyl halides is 3. The van der Waals surface area contributed by atoms with Crippen LogP contribution in [0.5, 0.6) is 5.75 Å². The van der Waals surface area contributed by atoms with E-state index in [1.165, 1.54) is 12.1 Å². The third-order valence-corrected chi connectivity index (χ3v) is 2.74. The van der Waals surface area contributed by atoms with E-state index in [2.05, 4.69) is 4.74 Å². The molecule has 0 fully saturated rings. The number of benzene rings is 1. The van der Waals surface area contributed by atoms with Crippen LogP contribution in [0, 0.1) is 11.7 Å². The molecule has 0 spiro atoms. The van der Waals surface area contributed by atoms with E-state index >= 15 is 0 Å². The Morgan fingerprint density at radius 2 is 2.06 bits per heavy atom. The molecule has 0 bridgehead atoms. The van der Waals surface area contributed by atoms with Gasteiger partial charge in [-0.2, -0.15) is 13.2 Å². The lowest BCUT2D eigenvalue weighted by Gasteiger charge is -2.32. The summed E-state index contributed by atoms with van der Waals surface area (Å²) in [5, 5.41) is 8.79. The summed E-state index contributed by atoms with van der Waals surface area (Å²) in [6, 6.07) is 3.61. The van der Waals surface area contributed by atoms with Gasteiger partial charge in [0.2, 0.25) is 6.10 Å². The largest absolute Gasteiger partial charge is 0.481 e. The van der Waals surface area contributed by atoms with Crippen LogP contribution in [0.2, 0.25) is 0 Å². The van der Waals surface area contributed by atoms with Crippen molar-refractivity contribution >= 4 is 5.97 Å². The van der Waals surface area contributed by atoms with Crippen LogP contribution in [-0.2, 0) is 11.2 Å². The fourth-order valence-electron chi connectivity index (χ4n) is 1.91. The van der Waals surface area contributed by atoms with Crippen LogP contribution in [-0.4, -0.2) is 23.4 Å². The number of hydrogen-bond donors (Lipinski definition) is 1. The molecule has 98 valence electrons. The highest BCUT2D eigenvalue weighted by Gasteiger charge is 2.52. The summed E-state index contributed by atoms with van der Waals surface area (Å²) < 4.78 is 55.8. The summed E-state index contributed by atoms with van der Waals surface area (Å²) in [7, 11) is 0. The minimum absolute atomic E-state index is 0.128. The van der Waals surface area contributed by atoms with E-state index in [9.17, 15) is 22.4 Å². The standard InChI is InChI=1S/C11H8F4O3/c12-7-3-1-2-5-4-6(10(16)17)9(11(13,14)15)18-8(5)7/h1-3,6,9H,4H2,(H,16,17)/t6-,9-/m1/s1. The molecule has 1 aromatic rings. The normalized spacial score (nSPS) is 23.1. The number of para-hydroxylation sites is 1. The summed E-state index contributed by atoms with van der Waals surface area (Å²) in [4.78, 5) is 10.8. The van der Waals surface area contributed by atoms with E-state index < -0.39 is 42.2 Å². The number of carboxylic acid groups (broad SMARTS) is 1. The lowest BCUT2D eigenvalue weighted by molar-refractivity contribution is -0.218. The lowest BCUT2D eigenvalue weighted by atomic mass is 9.90. The van der Waals surface area contributed by atoms with Crippen LogP contribution in [0.1, 0.15) is 5.56 Å². The number of hydrogen-bond acceptors (Lipinski definition) is 2. The Morgan fingerprint density at radius 3 is 2.61 bits per heavy atom. The molecule has 0 amide bonds. The molecule has 0 unspecified atom stereocenters. The molecule has 18 heavy (non-hydrogen) atoms. The highest BCUT2D eigenvalue weighted by molar-refractivity contribution is 5.72. The van der Waals surface area contributed by atoms with Crippen molar-refractivity contribution in [1.82, 2.24) is 0 Å². The van der Waals surface area contributed by atoms with E-state index in [0.29, 0.717) is 0 Å². The van der Waals surface area contributed by atoms with Crippen LogP contribution in [0.4, 0.5) is 17.6 Å². The van der Waals surface area contributed by atoms with Crippen molar-refractivity contribution in [3.8, 4) is 5.75 Å². The third-order valence-electron chi connectivity index (χ3n) is 2.74. The average molecular weight is 264 g/mol. The molecule has 0 aliphatic carbocycles. The molecule has 3 nitrogen and oxygen atoms in total. The van der Waals surface area contributed by atoms with E-state index in [4.69, 9.17) is 5.11 Å². The topological polar surface area (TPSA) is 46.5 Å². The molecule has 1 aliphatic heterocycles. The first-order chi connectivity index (χ1) is 8.30. The fraction of sp³-hybridized carbons (Fsp3) is 0.364. The molecule has 0 aromatic heterocycles. The van der Waals surface area contributed by atoms with Crippen LogP contribution in [0.15, 0.2) is 18.2 Å². The van der Waals surface area contributed by atoms with Gasteiger partial charge in [0.15, 0.2) is 11.6 Å². The summed E-state index contributed by atoms with van der Waals surface area (Å²) >= 11 is 0. The highest BCUT2D eigenvalue weighted by atomic mass is 19.4. The quantitative estimate of drug-likeness (QED) is 0.792. The Balaban J connectivity index is 2.44. The number of rotatable bonds is 1. The van der Waals surface area contributed by atoms with Gasteiger partial charge in [-0.1, -0.05) is 12.1 Å². The van der Waals surface area contributed by atoms with Gasteiger partial charge in [0.25, 0.3) is 0 Å². The van der Waals surface area contributed by atoms with E-state index in [-0.39, 0.29) is 5.56 Å². The smallest absolute Gasteiger partial charge is 0.426 e. The summed E-state index contributed by atoms with van der Waals surface area (Å²) in [5.41, 5.74) is 0.128. The van der Waals surface area contributed by atoms with Gasteiger partial charge >= 0.3 is 12.1 Å². The van der Waals surface area contributed by atoms with E-state index in [1.54, 1.807) is 0 Å². The average Bonchev–Trinajstić information content (AvgIpc) is 2.26. The Morgan fingerprint density at radius 1 is 1.39 bits per heavy atom. The minimum Gasteiger partial charge on any atom is -0.481 e. The number of aliphatic carboxylic acids is 1. The van der Waals surface area contributed by atoms with Crippen molar-refractivity contribution < 1.29 is 32.2 Å². The van der Waals surface area contributed by atoms with Crippen molar-refractivity contribution in [3.05, 3.63) is 29.6 Å². The summed E-state index contributed by atoms with van der Waals surface area (Å²) in [6.07, 6.45) is -7.80. The highest BCUT2D eigenvalue weighted by Crippen LogP contribution is 2.39. The third kappa shape index (κ3) is 2.12. The number of ether oxygens (including phenoxy) is 1. The second-order valence-corrected chi connectivity index (χ2v) is 3.96. The summed E-state index contributed by atoms with van der Waals surface area (Å²) in [6.45, 7) is 0. The van der Waals surface area contributed by atoms with Gasteiger partial charge in [-0.3, -0.25) is 4.79 Å². The molecule has 2 atom stereocenters. The SMILES string of the molecule is O=C(O)[C@@H]1Cc2cccc(F)c2O[C@H]1C(F)(F)F. The molecule has 1 aromatic carbocycles. The number of halogens is 4. The molecule has 0 saturated carbocycles. The van der Waals surface area contributed by atoms with Crippen LogP contribution in [0.25, 0.3) is 0 Å². The number of carbonyl (C=O) groups is 1. The van der Waals surface area contributed by atoms with E-state index in [0.717, 1.165) is 6.07 Å². The fourth-order valence-corrected chi connectivity index (χ4v) is 1.91. The monoisotopic (exact) mass is 264 g/mol. The van der Waals surface area contributed by atoms with E-state index in [1.807, 2.05) is 0 Å². The van der Waals surface area contributed by atoms with Gasteiger partial charge in [0.1, 0.15) is 5.92 Å². The van der Waals surface area contributed by atoms with Crippen molar-refractivity contribution in [2.24, 2.45) is 5.92 Å². The zero-order valence-corrected chi connectivity index (χ0v) is 8.87. The van der Waals surface area contributed by atoms with Gasteiger partial charge in [-0.25, -0.2) is 4.39 Å². The maximum Gasteiger partial charge on any atom is 0.426 e. The summed E-state index contributed by atoms with van der Waals surface area (Å²) in [5.74, 6) is -4.82. The molecular weight excluding hydrogens is 256 g/mol. The molecule has 2 rings (SSSR count). The van der Waals surface area contributed by atoms with Gasteiger partial charge in [0.05, 0.1) is 0 Å². The molecule has 1 heterocycles. The van der Waals surface area contributed by atoms with Crippen LogP contribution >= 0.6 is 0 Å². The van der Waals surface area contributed by atoms with Crippen molar-refractivity contribution in [2.45, 2.75) is 18.7 Å². The Bertz CT molecular complexity index is 484. The van der Waals surface area contributed by atoms with Gasteiger partial charge < -0.3 is 9.84 Å². The maximum absolute atomic E-state index is 13.3. The predicted octanol–water partition coefficient (Wildman–Crippen LogP) is 2.39. The molecule has 0 radical (unpaired) electrons. The van der Waals surface area contributed by atoms with Crippen molar-refractivity contribution in [3.63, 3.8) is 0 Å². The lowest BCUT2D eigenvalue weighted by Crippen LogP contribution is -2.47. The van der Waals surface area contributed by atoms with Crippen molar-refractivity contribution in [1.29, 1.82) is 0 Å². The Labute approximate surface area is 99.0 Å². The zero-order valence-electron chi connectivity index (χ0n) is 8.87.